The van der Waals surface area contributed by atoms with Gasteiger partial charge in [0.25, 0.3) is 5.91 Å². The smallest absolute Gasteiger partial charge is 0.253 e. The van der Waals surface area contributed by atoms with Crippen LogP contribution in [-0.4, -0.2) is 52.2 Å². The fourth-order valence-corrected chi connectivity index (χ4v) is 3.05. The van der Waals surface area contributed by atoms with Crippen molar-refractivity contribution in [2.75, 3.05) is 20.6 Å². The van der Waals surface area contributed by atoms with Gasteiger partial charge in [-0.3, -0.25) is 4.79 Å². The second-order valence-corrected chi connectivity index (χ2v) is 7.36. The standard InChI is InChI=1S/C23H29N7O/c1-4-25-23(26-13-18-8-10-21(11-9-18)22(31)29(2)3)27-14-19-6-5-7-20(12-19)15-30-17-24-16-28-30/h5-12,16-17H,4,13-15H2,1-3H3,(H2,25,26,27). The number of nitrogens with one attached hydrogen (secondary N) is 2. The molecule has 1 aromatic heterocycles. The molecule has 1 amide bonds. The van der Waals surface area contributed by atoms with E-state index in [2.05, 4.69) is 38.9 Å². The molecule has 0 saturated heterocycles. The lowest BCUT2D eigenvalue weighted by Gasteiger charge is -2.13. The van der Waals surface area contributed by atoms with Gasteiger partial charge in [0.05, 0.1) is 13.1 Å². The zero-order chi connectivity index (χ0) is 22.1. The van der Waals surface area contributed by atoms with Gasteiger partial charge in [-0.15, -0.1) is 0 Å². The van der Waals surface area contributed by atoms with Gasteiger partial charge in [0.15, 0.2) is 5.96 Å². The minimum Gasteiger partial charge on any atom is -0.357 e. The number of nitrogens with zero attached hydrogens (tertiary/aromatic N) is 5. The Morgan fingerprint density at radius 2 is 1.84 bits per heavy atom. The van der Waals surface area contributed by atoms with Crippen LogP contribution in [0.25, 0.3) is 0 Å². The number of carbonyl (C=O) groups is 1. The lowest BCUT2D eigenvalue weighted by Crippen LogP contribution is -2.36. The SMILES string of the molecule is CCNC(=NCc1cccc(Cn2cncn2)c1)NCc1ccc(C(=O)N(C)C)cc1. The summed E-state index contributed by atoms with van der Waals surface area (Å²) in [6.45, 7) is 4.68. The molecule has 0 spiro atoms. The zero-order valence-corrected chi connectivity index (χ0v) is 18.2. The van der Waals surface area contributed by atoms with Gasteiger partial charge in [0.2, 0.25) is 0 Å². The molecule has 8 nitrogen and oxygen atoms in total. The van der Waals surface area contributed by atoms with E-state index in [1.165, 1.54) is 6.33 Å². The summed E-state index contributed by atoms with van der Waals surface area (Å²) in [5.41, 5.74) is 4.04. The molecule has 0 aliphatic carbocycles. The van der Waals surface area contributed by atoms with Gasteiger partial charge in [-0.25, -0.2) is 14.7 Å². The number of amides is 1. The number of hydrogen-bond acceptors (Lipinski definition) is 4. The second-order valence-electron chi connectivity index (χ2n) is 7.36. The third-order valence-electron chi connectivity index (χ3n) is 4.63. The zero-order valence-electron chi connectivity index (χ0n) is 18.2. The molecule has 0 radical (unpaired) electrons. The average Bonchev–Trinajstić information content (AvgIpc) is 3.29. The first-order valence-electron chi connectivity index (χ1n) is 10.3. The molecule has 0 unspecified atom stereocenters. The second kappa shape index (κ2) is 10.9. The fourth-order valence-electron chi connectivity index (χ4n) is 3.05. The number of carbonyl (C=O) groups excluding carboxylic acids is 1. The van der Waals surface area contributed by atoms with Crippen LogP contribution in [0.3, 0.4) is 0 Å². The molecule has 8 heteroatoms. The largest absolute Gasteiger partial charge is 0.357 e. The molecule has 31 heavy (non-hydrogen) atoms. The third-order valence-corrected chi connectivity index (χ3v) is 4.63. The van der Waals surface area contributed by atoms with Gasteiger partial charge in [0.1, 0.15) is 12.7 Å². The molecule has 162 valence electrons. The van der Waals surface area contributed by atoms with Crippen LogP contribution in [0, 0.1) is 0 Å². The monoisotopic (exact) mass is 419 g/mol. The molecule has 0 aliphatic heterocycles. The maximum atomic E-state index is 12.0. The van der Waals surface area contributed by atoms with Gasteiger partial charge in [0, 0.05) is 32.7 Å². The van der Waals surface area contributed by atoms with E-state index in [1.54, 1.807) is 30.0 Å². The summed E-state index contributed by atoms with van der Waals surface area (Å²) >= 11 is 0. The van der Waals surface area contributed by atoms with Gasteiger partial charge >= 0.3 is 0 Å². The maximum absolute atomic E-state index is 12.0. The molecular formula is C23H29N7O. The van der Waals surface area contributed by atoms with Crippen molar-refractivity contribution >= 4 is 11.9 Å². The Hall–Kier alpha value is -3.68. The molecule has 0 atom stereocenters. The molecule has 0 bridgehead atoms. The minimum absolute atomic E-state index is 0.000426. The van der Waals surface area contributed by atoms with Crippen molar-refractivity contribution in [3.63, 3.8) is 0 Å². The first-order chi connectivity index (χ1) is 15.0. The van der Waals surface area contributed by atoms with Crippen LogP contribution >= 0.6 is 0 Å². The minimum atomic E-state index is 0.000426. The van der Waals surface area contributed by atoms with Crippen LogP contribution in [0.2, 0.25) is 0 Å². The first-order valence-corrected chi connectivity index (χ1v) is 10.3. The van der Waals surface area contributed by atoms with Crippen molar-refractivity contribution in [1.29, 1.82) is 0 Å². The lowest BCUT2D eigenvalue weighted by atomic mass is 10.1. The van der Waals surface area contributed by atoms with E-state index < -0.39 is 0 Å². The summed E-state index contributed by atoms with van der Waals surface area (Å²) in [6.07, 6.45) is 3.25. The van der Waals surface area contributed by atoms with Gasteiger partial charge in [-0.2, -0.15) is 5.10 Å². The van der Waals surface area contributed by atoms with E-state index in [1.807, 2.05) is 37.3 Å². The van der Waals surface area contributed by atoms with Crippen molar-refractivity contribution in [1.82, 2.24) is 30.3 Å². The highest BCUT2D eigenvalue weighted by atomic mass is 16.2. The molecule has 0 fully saturated rings. The average molecular weight is 420 g/mol. The van der Waals surface area contributed by atoms with E-state index in [0.717, 1.165) is 29.2 Å². The first kappa shape index (κ1) is 22.0. The van der Waals surface area contributed by atoms with E-state index in [9.17, 15) is 4.79 Å². The maximum Gasteiger partial charge on any atom is 0.253 e. The molecule has 0 saturated carbocycles. The number of aromatic nitrogens is 3. The molecular weight excluding hydrogens is 390 g/mol. The van der Waals surface area contributed by atoms with E-state index in [4.69, 9.17) is 4.99 Å². The van der Waals surface area contributed by atoms with Crippen molar-refractivity contribution in [3.8, 4) is 0 Å². The van der Waals surface area contributed by atoms with Crippen LogP contribution in [-0.2, 0) is 19.6 Å². The number of guanidine groups is 1. The fraction of sp³-hybridized carbons (Fsp3) is 0.304. The summed E-state index contributed by atoms with van der Waals surface area (Å²) in [4.78, 5) is 22.3. The number of hydrogen-bond donors (Lipinski definition) is 2. The highest BCUT2D eigenvalue weighted by Gasteiger charge is 2.07. The van der Waals surface area contributed by atoms with Crippen LogP contribution in [0.4, 0.5) is 0 Å². The topological polar surface area (TPSA) is 87.4 Å². The quantitative estimate of drug-likeness (QED) is 0.432. The summed E-state index contributed by atoms with van der Waals surface area (Å²) < 4.78 is 1.80. The molecule has 2 N–H and O–H groups in total. The Labute approximate surface area is 183 Å². The molecule has 3 aromatic rings. The Bertz CT molecular complexity index is 995. The van der Waals surface area contributed by atoms with Crippen molar-refractivity contribution in [2.24, 2.45) is 4.99 Å². The van der Waals surface area contributed by atoms with Crippen molar-refractivity contribution < 1.29 is 4.79 Å². The Balaban J connectivity index is 1.59. The van der Waals surface area contributed by atoms with E-state index in [0.29, 0.717) is 25.2 Å². The van der Waals surface area contributed by atoms with Crippen molar-refractivity contribution in [3.05, 3.63) is 83.4 Å². The van der Waals surface area contributed by atoms with E-state index >= 15 is 0 Å². The third kappa shape index (κ3) is 6.67. The van der Waals surface area contributed by atoms with Crippen LogP contribution in [0.5, 0.6) is 0 Å². The Kier molecular flexibility index (Phi) is 7.75. The Morgan fingerprint density at radius 1 is 1.06 bits per heavy atom. The van der Waals surface area contributed by atoms with Crippen LogP contribution in [0.1, 0.15) is 34.0 Å². The molecule has 3 rings (SSSR count). The van der Waals surface area contributed by atoms with Crippen molar-refractivity contribution in [2.45, 2.75) is 26.6 Å². The predicted octanol–water partition coefficient (Wildman–Crippen LogP) is 2.28. The number of rotatable bonds is 8. The summed E-state index contributed by atoms with van der Waals surface area (Å²) in [5, 5.41) is 10.8. The molecule has 2 aromatic carbocycles. The summed E-state index contributed by atoms with van der Waals surface area (Å²) in [6, 6.07) is 15.9. The van der Waals surface area contributed by atoms with Gasteiger partial charge < -0.3 is 15.5 Å². The highest BCUT2D eigenvalue weighted by molar-refractivity contribution is 5.93. The Morgan fingerprint density at radius 3 is 2.52 bits per heavy atom. The van der Waals surface area contributed by atoms with Crippen LogP contribution < -0.4 is 10.6 Å². The van der Waals surface area contributed by atoms with Crippen LogP contribution in [0.15, 0.2) is 66.2 Å². The van der Waals surface area contributed by atoms with Gasteiger partial charge in [-0.05, 0) is 35.7 Å². The normalized spacial score (nSPS) is 11.3. The van der Waals surface area contributed by atoms with Gasteiger partial charge in [-0.1, -0.05) is 36.4 Å². The number of aliphatic imine (C=N–C) groups is 1. The number of benzene rings is 2. The molecule has 1 heterocycles. The van der Waals surface area contributed by atoms with E-state index in [-0.39, 0.29) is 5.91 Å². The predicted molar refractivity (Wildman–Crippen MR) is 122 cm³/mol. The lowest BCUT2D eigenvalue weighted by molar-refractivity contribution is 0.0827. The molecule has 0 aliphatic rings. The summed E-state index contributed by atoms with van der Waals surface area (Å²) in [7, 11) is 3.50. The summed E-state index contributed by atoms with van der Waals surface area (Å²) in [5.74, 6) is 0.748. The highest BCUT2D eigenvalue weighted by Crippen LogP contribution is 2.09.